The highest BCUT2D eigenvalue weighted by Gasteiger charge is 2.25. The first-order valence-corrected chi connectivity index (χ1v) is 10.5. The van der Waals surface area contributed by atoms with Crippen molar-refractivity contribution in [3.63, 3.8) is 0 Å². The molecule has 0 aliphatic carbocycles. The number of hydrogen-bond acceptors (Lipinski definition) is 5. The lowest BCUT2D eigenvalue weighted by Gasteiger charge is -2.33. The van der Waals surface area contributed by atoms with Crippen LogP contribution in [0.5, 0.6) is 5.75 Å². The molecule has 2 rings (SSSR count). The number of ether oxygens (including phenoxy) is 1. The summed E-state index contributed by atoms with van der Waals surface area (Å²) in [5.74, 6) is -0.123. The molecule has 0 spiro atoms. The molecule has 0 saturated carbocycles. The van der Waals surface area contributed by atoms with E-state index in [1.165, 1.54) is 22.4 Å². The van der Waals surface area contributed by atoms with Crippen LogP contribution < -0.4 is 10.1 Å². The van der Waals surface area contributed by atoms with Gasteiger partial charge in [-0.1, -0.05) is 17.7 Å². The van der Waals surface area contributed by atoms with Gasteiger partial charge in [0.25, 0.3) is 0 Å². The van der Waals surface area contributed by atoms with Crippen molar-refractivity contribution < 1.29 is 22.7 Å². The predicted octanol–water partition coefficient (Wildman–Crippen LogP) is 0.582. The lowest BCUT2D eigenvalue weighted by molar-refractivity contribution is -0.133. The maximum Gasteiger partial charge on any atom is 0.244 e. The molecular weight excluding hydrogens is 394 g/mol. The minimum atomic E-state index is -3.24. The van der Waals surface area contributed by atoms with Gasteiger partial charge < -0.3 is 15.0 Å². The Morgan fingerprint density at radius 3 is 2.48 bits per heavy atom. The Bertz CT molecular complexity index is 833. The van der Waals surface area contributed by atoms with E-state index in [-0.39, 0.29) is 25.5 Å². The minimum Gasteiger partial charge on any atom is -0.495 e. The highest BCUT2D eigenvalue weighted by molar-refractivity contribution is 7.88. The van der Waals surface area contributed by atoms with Crippen LogP contribution in [-0.4, -0.2) is 75.5 Å². The average Bonchev–Trinajstić information content (AvgIpc) is 2.64. The number of halogens is 1. The molecule has 148 valence electrons. The number of sulfonamides is 1. The van der Waals surface area contributed by atoms with Crippen molar-refractivity contribution in [2.45, 2.75) is 0 Å². The van der Waals surface area contributed by atoms with Gasteiger partial charge >= 0.3 is 0 Å². The number of carbonyl (C=O) groups excluding carboxylic acids is 2. The SMILES string of the molecule is COc1ccc(/C=C/C(=O)NCC(=O)N2CCN(S(C)(=O)=O)CC2)cc1Cl. The van der Waals surface area contributed by atoms with E-state index in [0.717, 1.165) is 11.8 Å². The summed E-state index contributed by atoms with van der Waals surface area (Å²) in [6, 6.07) is 5.11. The second kappa shape index (κ2) is 9.20. The summed E-state index contributed by atoms with van der Waals surface area (Å²) in [5, 5.41) is 2.96. The fourth-order valence-electron chi connectivity index (χ4n) is 2.56. The zero-order valence-electron chi connectivity index (χ0n) is 15.1. The summed E-state index contributed by atoms with van der Waals surface area (Å²) in [5.41, 5.74) is 0.721. The molecular formula is C17H22ClN3O5S. The fourth-order valence-corrected chi connectivity index (χ4v) is 3.65. The summed E-state index contributed by atoms with van der Waals surface area (Å²) in [4.78, 5) is 25.6. The van der Waals surface area contributed by atoms with Gasteiger partial charge in [-0.25, -0.2) is 8.42 Å². The highest BCUT2D eigenvalue weighted by atomic mass is 35.5. The first-order chi connectivity index (χ1) is 12.7. The van der Waals surface area contributed by atoms with Crippen molar-refractivity contribution in [2.24, 2.45) is 0 Å². The molecule has 0 bridgehead atoms. The van der Waals surface area contributed by atoms with E-state index in [9.17, 15) is 18.0 Å². The number of nitrogens with one attached hydrogen (secondary N) is 1. The molecule has 1 saturated heterocycles. The molecule has 0 aromatic heterocycles. The van der Waals surface area contributed by atoms with Gasteiger partial charge in [-0.2, -0.15) is 4.31 Å². The number of methoxy groups -OCH3 is 1. The number of amides is 2. The predicted molar refractivity (Wildman–Crippen MR) is 103 cm³/mol. The Morgan fingerprint density at radius 1 is 1.26 bits per heavy atom. The normalized spacial score (nSPS) is 15.7. The molecule has 1 aromatic rings. The van der Waals surface area contributed by atoms with Crippen molar-refractivity contribution in [1.29, 1.82) is 0 Å². The molecule has 1 heterocycles. The summed E-state index contributed by atoms with van der Waals surface area (Å²) < 4.78 is 29.3. The van der Waals surface area contributed by atoms with Crippen LogP contribution in [0.1, 0.15) is 5.56 Å². The summed E-state index contributed by atoms with van der Waals surface area (Å²) in [7, 11) is -1.73. The molecule has 0 radical (unpaired) electrons. The van der Waals surface area contributed by atoms with Gasteiger partial charge in [0.1, 0.15) is 5.75 Å². The quantitative estimate of drug-likeness (QED) is 0.686. The third-order valence-corrected chi connectivity index (χ3v) is 5.68. The Morgan fingerprint density at radius 2 is 1.93 bits per heavy atom. The summed E-state index contributed by atoms with van der Waals surface area (Å²) >= 11 is 6.02. The van der Waals surface area contributed by atoms with Crippen molar-refractivity contribution in [3.05, 3.63) is 34.9 Å². The first kappa shape index (κ1) is 21.2. The molecule has 8 nitrogen and oxygen atoms in total. The summed E-state index contributed by atoms with van der Waals surface area (Å²) in [6.45, 7) is 0.989. The molecule has 1 N–H and O–H groups in total. The zero-order valence-corrected chi connectivity index (χ0v) is 16.7. The van der Waals surface area contributed by atoms with E-state index in [1.807, 2.05) is 0 Å². The van der Waals surface area contributed by atoms with Gasteiger partial charge in [-0.3, -0.25) is 9.59 Å². The number of piperazine rings is 1. The van der Waals surface area contributed by atoms with Crippen molar-refractivity contribution >= 4 is 39.5 Å². The van der Waals surface area contributed by atoms with E-state index in [2.05, 4.69) is 5.32 Å². The topological polar surface area (TPSA) is 96.0 Å². The van der Waals surface area contributed by atoms with Crippen LogP contribution in [0.25, 0.3) is 6.08 Å². The van der Waals surface area contributed by atoms with E-state index in [0.29, 0.717) is 23.9 Å². The van der Waals surface area contributed by atoms with Gasteiger partial charge in [-0.05, 0) is 23.8 Å². The molecule has 0 atom stereocenters. The second-order valence-corrected chi connectivity index (χ2v) is 8.38. The lowest BCUT2D eigenvalue weighted by Crippen LogP contribution is -2.52. The van der Waals surface area contributed by atoms with E-state index in [1.54, 1.807) is 24.3 Å². The van der Waals surface area contributed by atoms with Crippen LogP contribution in [0, 0.1) is 0 Å². The Balaban J connectivity index is 1.80. The van der Waals surface area contributed by atoms with Crippen LogP contribution in [0.15, 0.2) is 24.3 Å². The summed E-state index contributed by atoms with van der Waals surface area (Å²) in [6.07, 6.45) is 4.04. The largest absolute Gasteiger partial charge is 0.495 e. The number of benzene rings is 1. The van der Waals surface area contributed by atoms with Crippen molar-refractivity contribution in [2.75, 3.05) is 46.1 Å². The first-order valence-electron chi connectivity index (χ1n) is 8.23. The fraction of sp³-hybridized carbons (Fsp3) is 0.412. The Hall–Kier alpha value is -2.10. The Kier molecular flexibility index (Phi) is 7.23. The van der Waals surface area contributed by atoms with E-state index in [4.69, 9.17) is 16.3 Å². The van der Waals surface area contributed by atoms with Crippen LogP contribution in [0.2, 0.25) is 5.02 Å². The number of rotatable bonds is 6. The van der Waals surface area contributed by atoms with Crippen LogP contribution >= 0.6 is 11.6 Å². The number of hydrogen-bond donors (Lipinski definition) is 1. The van der Waals surface area contributed by atoms with Gasteiger partial charge in [0.05, 0.1) is 24.9 Å². The van der Waals surface area contributed by atoms with Gasteiger partial charge in [0.15, 0.2) is 0 Å². The molecule has 1 aromatic carbocycles. The van der Waals surface area contributed by atoms with Crippen LogP contribution in [-0.2, 0) is 19.6 Å². The third-order valence-electron chi connectivity index (χ3n) is 4.08. The molecule has 1 aliphatic heterocycles. The molecule has 27 heavy (non-hydrogen) atoms. The molecule has 1 fully saturated rings. The van der Waals surface area contributed by atoms with Crippen LogP contribution in [0.4, 0.5) is 0 Å². The maximum absolute atomic E-state index is 12.1. The van der Waals surface area contributed by atoms with Crippen molar-refractivity contribution in [1.82, 2.24) is 14.5 Å². The van der Waals surface area contributed by atoms with Gasteiger partial charge in [-0.15, -0.1) is 0 Å². The number of nitrogens with zero attached hydrogens (tertiary/aromatic N) is 2. The molecule has 10 heteroatoms. The minimum absolute atomic E-state index is 0.147. The molecule has 0 unspecified atom stereocenters. The zero-order chi connectivity index (χ0) is 20.0. The Labute approximate surface area is 163 Å². The van der Waals surface area contributed by atoms with E-state index < -0.39 is 15.9 Å². The smallest absolute Gasteiger partial charge is 0.244 e. The van der Waals surface area contributed by atoms with Gasteiger partial charge in [0, 0.05) is 32.3 Å². The lowest BCUT2D eigenvalue weighted by atomic mass is 10.2. The monoisotopic (exact) mass is 415 g/mol. The number of carbonyl (C=O) groups is 2. The second-order valence-electron chi connectivity index (χ2n) is 5.99. The highest BCUT2D eigenvalue weighted by Crippen LogP contribution is 2.25. The van der Waals surface area contributed by atoms with Gasteiger partial charge in [0.2, 0.25) is 21.8 Å². The molecule has 1 aliphatic rings. The van der Waals surface area contributed by atoms with Crippen molar-refractivity contribution in [3.8, 4) is 5.75 Å². The molecule has 2 amide bonds. The standard InChI is InChI=1S/C17H22ClN3O5S/c1-26-15-5-3-13(11-14(15)18)4-6-16(22)19-12-17(23)20-7-9-21(10-8-20)27(2,24)25/h3-6,11H,7-10,12H2,1-2H3,(H,19,22)/b6-4+. The average molecular weight is 416 g/mol. The maximum atomic E-state index is 12.1. The van der Waals surface area contributed by atoms with E-state index >= 15 is 0 Å². The van der Waals surface area contributed by atoms with Crippen LogP contribution in [0.3, 0.4) is 0 Å². The third kappa shape index (κ3) is 6.23.